The Labute approximate surface area is 178 Å². The average Bonchev–Trinajstić information content (AvgIpc) is 2.72. The van der Waals surface area contributed by atoms with Crippen LogP contribution in [0.4, 0.5) is 5.69 Å². The van der Waals surface area contributed by atoms with Crippen LogP contribution in [0.5, 0.6) is 5.75 Å². The second kappa shape index (κ2) is 9.80. The third-order valence-electron chi connectivity index (χ3n) is 5.18. The molecule has 0 radical (unpaired) electrons. The third kappa shape index (κ3) is 5.85. The molecule has 6 nitrogen and oxygen atoms in total. The topological polar surface area (TPSA) is 61.9 Å². The predicted octanol–water partition coefficient (Wildman–Crippen LogP) is 3.15. The van der Waals surface area contributed by atoms with E-state index >= 15 is 0 Å². The zero-order chi connectivity index (χ0) is 20.9. The third-order valence-corrected chi connectivity index (χ3v) is 6.89. The second-order valence-corrected chi connectivity index (χ2v) is 9.39. The van der Waals surface area contributed by atoms with Crippen LogP contribution in [0.1, 0.15) is 12.0 Å². The van der Waals surface area contributed by atoms with Gasteiger partial charge in [0.2, 0.25) is 10.0 Å². The van der Waals surface area contributed by atoms with E-state index < -0.39 is 10.0 Å². The summed E-state index contributed by atoms with van der Waals surface area (Å²) in [7, 11) is -1.93. The number of benzene rings is 2. The lowest BCUT2D eigenvalue weighted by Crippen LogP contribution is -2.47. The number of methoxy groups -OCH3 is 1. The van der Waals surface area contributed by atoms with Gasteiger partial charge in [0.1, 0.15) is 5.75 Å². The zero-order valence-electron chi connectivity index (χ0n) is 16.9. The van der Waals surface area contributed by atoms with E-state index in [1.54, 1.807) is 25.3 Å². The molecule has 0 spiro atoms. The van der Waals surface area contributed by atoms with Gasteiger partial charge in [-0.15, -0.1) is 0 Å². The zero-order valence-corrected chi connectivity index (χ0v) is 18.5. The van der Waals surface area contributed by atoms with Crippen LogP contribution in [0.3, 0.4) is 0 Å². The molecule has 8 heteroatoms. The highest BCUT2D eigenvalue weighted by molar-refractivity contribution is 7.89. The SMILES string of the molecule is COc1ccc(S(=O)(=O)NCCCN2CCN(c3ccc(Cl)cc3)CC2)cc1C. The maximum atomic E-state index is 12.5. The van der Waals surface area contributed by atoms with Crippen LogP contribution in [0.15, 0.2) is 47.4 Å². The summed E-state index contributed by atoms with van der Waals surface area (Å²) >= 11 is 5.96. The lowest BCUT2D eigenvalue weighted by Gasteiger charge is -2.36. The van der Waals surface area contributed by atoms with Crippen molar-refractivity contribution in [1.82, 2.24) is 9.62 Å². The summed E-state index contributed by atoms with van der Waals surface area (Å²) in [6.45, 7) is 6.97. The van der Waals surface area contributed by atoms with Crippen molar-refractivity contribution in [3.05, 3.63) is 53.1 Å². The monoisotopic (exact) mass is 437 g/mol. The van der Waals surface area contributed by atoms with E-state index in [1.165, 1.54) is 5.69 Å². The van der Waals surface area contributed by atoms with Crippen LogP contribution in [0, 0.1) is 6.92 Å². The molecule has 0 aromatic heterocycles. The summed E-state index contributed by atoms with van der Waals surface area (Å²) in [5, 5.41) is 0.750. The molecule has 0 atom stereocenters. The molecule has 1 aliphatic rings. The smallest absolute Gasteiger partial charge is 0.240 e. The van der Waals surface area contributed by atoms with Gasteiger partial charge in [-0.2, -0.15) is 0 Å². The quantitative estimate of drug-likeness (QED) is 0.643. The van der Waals surface area contributed by atoms with Gasteiger partial charge in [0.05, 0.1) is 12.0 Å². The standard InChI is InChI=1S/C21H28ClN3O3S/c1-17-16-20(8-9-21(17)28-2)29(26,27)23-10-3-11-24-12-14-25(15-13-24)19-6-4-18(22)5-7-19/h4-9,16,23H,3,10-15H2,1-2H3. The van der Waals surface area contributed by atoms with E-state index in [2.05, 4.69) is 14.5 Å². The van der Waals surface area contributed by atoms with Gasteiger partial charge >= 0.3 is 0 Å². The molecule has 0 aliphatic carbocycles. The Kier molecular flexibility index (Phi) is 7.40. The number of anilines is 1. The van der Waals surface area contributed by atoms with Crippen molar-refractivity contribution in [3.63, 3.8) is 0 Å². The fraction of sp³-hybridized carbons (Fsp3) is 0.429. The first-order chi connectivity index (χ1) is 13.9. The molecular weight excluding hydrogens is 410 g/mol. The lowest BCUT2D eigenvalue weighted by molar-refractivity contribution is 0.255. The van der Waals surface area contributed by atoms with Gasteiger partial charge in [0, 0.05) is 43.4 Å². The van der Waals surface area contributed by atoms with Crippen LogP contribution < -0.4 is 14.4 Å². The van der Waals surface area contributed by atoms with Gasteiger partial charge in [-0.25, -0.2) is 13.1 Å². The summed E-state index contributed by atoms with van der Waals surface area (Å²) in [6.07, 6.45) is 0.773. The molecule has 0 bridgehead atoms. The highest BCUT2D eigenvalue weighted by Gasteiger charge is 2.18. The number of piperazine rings is 1. The fourth-order valence-electron chi connectivity index (χ4n) is 3.49. The number of ether oxygens (including phenoxy) is 1. The first-order valence-electron chi connectivity index (χ1n) is 9.76. The van der Waals surface area contributed by atoms with Crippen LogP contribution in [-0.2, 0) is 10.0 Å². The molecular formula is C21H28ClN3O3S. The molecule has 1 N–H and O–H groups in total. The Bertz CT molecular complexity index is 911. The number of nitrogens with zero attached hydrogens (tertiary/aromatic N) is 2. The van der Waals surface area contributed by atoms with Crippen LogP contribution in [0.2, 0.25) is 5.02 Å². The molecule has 158 valence electrons. The van der Waals surface area contributed by atoms with Crippen molar-refractivity contribution in [1.29, 1.82) is 0 Å². The average molecular weight is 438 g/mol. The van der Waals surface area contributed by atoms with Crippen LogP contribution in [0.25, 0.3) is 0 Å². The van der Waals surface area contributed by atoms with Gasteiger partial charge in [0.15, 0.2) is 0 Å². The highest BCUT2D eigenvalue weighted by Crippen LogP contribution is 2.21. The normalized spacial score (nSPS) is 15.5. The maximum absolute atomic E-state index is 12.5. The van der Waals surface area contributed by atoms with Gasteiger partial charge < -0.3 is 9.64 Å². The lowest BCUT2D eigenvalue weighted by atomic mass is 10.2. The van der Waals surface area contributed by atoms with Crippen molar-refractivity contribution in [3.8, 4) is 5.75 Å². The fourth-order valence-corrected chi connectivity index (χ4v) is 4.78. The van der Waals surface area contributed by atoms with Crippen molar-refractivity contribution in [2.75, 3.05) is 51.3 Å². The minimum atomic E-state index is -3.50. The van der Waals surface area contributed by atoms with Crippen molar-refractivity contribution >= 4 is 27.3 Å². The Morgan fingerprint density at radius 2 is 1.76 bits per heavy atom. The molecule has 1 aliphatic heterocycles. The summed E-state index contributed by atoms with van der Waals surface area (Å²) in [4.78, 5) is 4.99. The van der Waals surface area contributed by atoms with Crippen molar-refractivity contribution < 1.29 is 13.2 Å². The van der Waals surface area contributed by atoms with E-state index in [4.69, 9.17) is 16.3 Å². The molecule has 3 rings (SSSR count). The molecule has 0 saturated carbocycles. The molecule has 2 aromatic carbocycles. The largest absolute Gasteiger partial charge is 0.496 e. The van der Waals surface area contributed by atoms with Crippen LogP contribution in [-0.4, -0.2) is 59.7 Å². The Hall–Kier alpha value is -1.80. The molecule has 1 saturated heterocycles. The number of nitrogens with one attached hydrogen (secondary N) is 1. The van der Waals surface area contributed by atoms with Crippen molar-refractivity contribution in [2.24, 2.45) is 0 Å². The number of aryl methyl sites for hydroxylation is 1. The summed E-state index contributed by atoms with van der Waals surface area (Å²) < 4.78 is 32.8. The van der Waals surface area contributed by atoms with Gasteiger partial charge in [-0.3, -0.25) is 4.90 Å². The summed E-state index contributed by atoms with van der Waals surface area (Å²) in [6, 6.07) is 12.8. The molecule has 29 heavy (non-hydrogen) atoms. The maximum Gasteiger partial charge on any atom is 0.240 e. The highest BCUT2D eigenvalue weighted by atomic mass is 35.5. The van der Waals surface area contributed by atoms with E-state index in [0.717, 1.165) is 49.7 Å². The molecule has 0 unspecified atom stereocenters. The Morgan fingerprint density at radius 3 is 2.38 bits per heavy atom. The molecule has 0 amide bonds. The number of hydrogen-bond donors (Lipinski definition) is 1. The molecule has 1 fully saturated rings. The predicted molar refractivity (Wildman–Crippen MR) is 118 cm³/mol. The first-order valence-corrected chi connectivity index (χ1v) is 11.6. The molecule has 1 heterocycles. The summed E-state index contributed by atoms with van der Waals surface area (Å²) in [5.74, 6) is 0.682. The number of sulfonamides is 1. The number of halogens is 1. The van der Waals surface area contributed by atoms with Crippen molar-refractivity contribution in [2.45, 2.75) is 18.2 Å². The van der Waals surface area contributed by atoms with E-state index in [0.29, 0.717) is 12.3 Å². The first kappa shape index (κ1) is 21.9. The van der Waals surface area contributed by atoms with Crippen LogP contribution >= 0.6 is 11.6 Å². The minimum Gasteiger partial charge on any atom is -0.496 e. The van der Waals surface area contributed by atoms with Gasteiger partial charge in [-0.05, 0) is 67.9 Å². The second-order valence-electron chi connectivity index (χ2n) is 7.19. The van der Waals surface area contributed by atoms with Gasteiger partial charge in [0.25, 0.3) is 0 Å². The molecule has 2 aromatic rings. The number of rotatable bonds is 8. The van der Waals surface area contributed by atoms with Gasteiger partial charge in [-0.1, -0.05) is 11.6 Å². The summed E-state index contributed by atoms with van der Waals surface area (Å²) in [5.41, 5.74) is 1.99. The number of hydrogen-bond acceptors (Lipinski definition) is 5. The Morgan fingerprint density at radius 1 is 1.07 bits per heavy atom. The Balaban J connectivity index is 1.41. The van der Waals surface area contributed by atoms with E-state index in [1.807, 2.05) is 31.2 Å². The minimum absolute atomic E-state index is 0.271. The van der Waals surface area contributed by atoms with E-state index in [9.17, 15) is 8.42 Å². The van der Waals surface area contributed by atoms with E-state index in [-0.39, 0.29) is 4.90 Å².